The first-order valence-corrected chi connectivity index (χ1v) is 5.31. The van der Waals surface area contributed by atoms with Gasteiger partial charge in [-0.05, 0) is 28.1 Å². The lowest BCUT2D eigenvalue weighted by molar-refractivity contribution is 0.198. The number of methoxy groups -OCH3 is 1. The van der Waals surface area contributed by atoms with Crippen LogP contribution in [0.3, 0.4) is 0 Å². The third-order valence-electron chi connectivity index (χ3n) is 1.71. The van der Waals surface area contributed by atoms with E-state index in [1.165, 1.54) is 0 Å². The highest BCUT2D eigenvalue weighted by Gasteiger charge is 2.02. The number of hydrogen-bond donors (Lipinski definition) is 2. The Morgan fingerprint density at radius 3 is 2.87 bits per heavy atom. The Bertz CT molecular complexity index is 331. The van der Waals surface area contributed by atoms with Gasteiger partial charge in [-0.15, -0.1) is 0 Å². The van der Waals surface area contributed by atoms with Crippen molar-refractivity contribution in [1.29, 1.82) is 0 Å². The van der Waals surface area contributed by atoms with Gasteiger partial charge in [-0.1, -0.05) is 12.1 Å². The van der Waals surface area contributed by atoms with Gasteiger partial charge in [0.2, 0.25) is 0 Å². The fourth-order valence-electron chi connectivity index (χ4n) is 0.996. The summed E-state index contributed by atoms with van der Waals surface area (Å²) in [6, 6.07) is 7.19. The zero-order chi connectivity index (χ0) is 11.1. The van der Waals surface area contributed by atoms with Crippen molar-refractivity contribution in [2.24, 2.45) is 0 Å². The summed E-state index contributed by atoms with van der Waals surface area (Å²) in [7, 11) is 1.59. The van der Waals surface area contributed by atoms with Crippen molar-refractivity contribution in [2.45, 2.75) is 0 Å². The van der Waals surface area contributed by atoms with Crippen LogP contribution >= 0.6 is 15.9 Å². The lowest BCUT2D eigenvalue weighted by atomic mass is 10.3. The van der Waals surface area contributed by atoms with E-state index in [2.05, 4.69) is 26.6 Å². The first kappa shape index (κ1) is 12.0. The summed E-state index contributed by atoms with van der Waals surface area (Å²) in [5.41, 5.74) is 0.743. The smallest absolute Gasteiger partial charge is 0.319 e. The van der Waals surface area contributed by atoms with Gasteiger partial charge in [-0.2, -0.15) is 0 Å². The third-order valence-corrected chi connectivity index (χ3v) is 2.41. The maximum Gasteiger partial charge on any atom is 0.319 e. The third kappa shape index (κ3) is 4.31. The zero-order valence-electron chi connectivity index (χ0n) is 8.42. The van der Waals surface area contributed by atoms with Crippen molar-refractivity contribution in [3.05, 3.63) is 28.7 Å². The Labute approximate surface area is 97.1 Å². The van der Waals surface area contributed by atoms with Crippen molar-refractivity contribution >= 4 is 27.6 Å². The summed E-state index contributed by atoms with van der Waals surface area (Å²) >= 11 is 3.34. The minimum absolute atomic E-state index is 0.237. The topological polar surface area (TPSA) is 50.4 Å². The normalized spacial score (nSPS) is 9.73. The molecule has 2 N–H and O–H groups in total. The van der Waals surface area contributed by atoms with Crippen molar-refractivity contribution in [3.63, 3.8) is 0 Å². The molecule has 0 aromatic heterocycles. The van der Waals surface area contributed by atoms with E-state index in [1.807, 2.05) is 24.3 Å². The van der Waals surface area contributed by atoms with Crippen molar-refractivity contribution in [1.82, 2.24) is 5.32 Å². The molecule has 2 amide bonds. The van der Waals surface area contributed by atoms with Crippen LogP contribution in [-0.2, 0) is 4.74 Å². The van der Waals surface area contributed by atoms with Crippen LogP contribution in [0, 0.1) is 0 Å². The van der Waals surface area contributed by atoms with Gasteiger partial charge < -0.3 is 15.4 Å². The first-order valence-electron chi connectivity index (χ1n) is 4.52. The van der Waals surface area contributed by atoms with Crippen LogP contribution in [0.5, 0.6) is 0 Å². The summed E-state index contributed by atoms with van der Waals surface area (Å²) < 4.78 is 5.67. The number of rotatable bonds is 4. The monoisotopic (exact) mass is 272 g/mol. The molecule has 1 aromatic carbocycles. The number of carbonyl (C=O) groups excluding carboxylic acids is 1. The summed E-state index contributed by atoms with van der Waals surface area (Å²) in [5.74, 6) is 0. The lowest BCUT2D eigenvalue weighted by Crippen LogP contribution is -2.31. The minimum Gasteiger partial charge on any atom is -0.383 e. The molecular weight excluding hydrogens is 260 g/mol. The van der Waals surface area contributed by atoms with E-state index in [4.69, 9.17) is 4.74 Å². The average Bonchev–Trinajstić information content (AvgIpc) is 2.22. The van der Waals surface area contributed by atoms with Crippen LogP contribution in [0.2, 0.25) is 0 Å². The molecule has 0 aliphatic heterocycles. The number of ether oxygens (including phenoxy) is 1. The van der Waals surface area contributed by atoms with Crippen LogP contribution in [0.4, 0.5) is 10.5 Å². The molecule has 1 rings (SSSR count). The number of carbonyl (C=O) groups is 1. The molecule has 0 saturated carbocycles. The van der Waals surface area contributed by atoms with Gasteiger partial charge in [-0.25, -0.2) is 4.79 Å². The number of urea groups is 1. The summed E-state index contributed by atoms with van der Waals surface area (Å²) in [5, 5.41) is 5.38. The maximum atomic E-state index is 11.3. The van der Waals surface area contributed by atoms with Gasteiger partial charge >= 0.3 is 6.03 Å². The molecule has 0 fully saturated rings. The molecule has 0 aliphatic carbocycles. The van der Waals surface area contributed by atoms with Crippen LogP contribution < -0.4 is 10.6 Å². The number of benzene rings is 1. The minimum atomic E-state index is -0.237. The number of para-hydroxylation sites is 1. The van der Waals surface area contributed by atoms with Crippen molar-refractivity contribution in [2.75, 3.05) is 25.6 Å². The SMILES string of the molecule is COCCNC(=O)Nc1ccccc1Br. The van der Waals surface area contributed by atoms with Gasteiger partial charge in [-0.3, -0.25) is 0 Å². The van der Waals surface area contributed by atoms with Crippen LogP contribution in [0.1, 0.15) is 0 Å². The highest BCUT2D eigenvalue weighted by Crippen LogP contribution is 2.20. The molecule has 82 valence electrons. The molecule has 1 aromatic rings. The summed E-state index contributed by atoms with van der Waals surface area (Å²) in [4.78, 5) is 11.3. The van der Waals surface area contributed by atoms with Gasteiger partial charge in [0.15, 0.2) is 0 Å². The lowest BCUT2D eigenvalue weighted by Gasteiger charge is -2.08. The first-order chi connectivity index (χ1) is 7.24. The molecule has 0 unspecified atom stereocenters. The Balaban J connectivity index is 2.41. The summed E-state index contributed by atoms with van der Waals surface area (Å²) in [6.45, 7) is 0.996. The molecule has 0 atom stereocenters. The van der Waals surface area contributed by atoms with Crippen molar-refractivity contribution < 1.29 is 9.53 Å². The molecule has 5 heteroatoms. The van der Waals surface area contributed by atoms with Gasteiger partial charge in [0, 0.05) is 18.1 Å². The molecule has 15 heavy (non-hydrogen) atoms. The van der Waals surface area contributed by atoms with Gasteiger partial charge in [0.1, 0.15) is 0 Å². The maximum absolute atomic E-state index is 11.3. The van der Waals surface area contributed by atoms with E-state index in [9.17, 15) is 4.79 Å². The van der Waals surface area contributed by atoms with Crippen LogP contribution in [0.25, 0.3) is 0 Å². The van der Waals surface area contributed by atoms with Gasteiger partial charge in [0.05, 0.1) is 12.3 Å². The predicted molar refractivity (Wildman–Crippen MR) is 63.0 cm³/mol. The fourth-order valence-corrected chi connectivity index (χ4v) is 1.38. The van der Waals surface area contributed by atoms with Crippen molar-refractivity contribution in [3.8, 4) is 0 Å². The van der Waals surface area contributed by atoms with E-state index in [0.29, 0.717) is 13.2 Å². The highest BCUT2D eigenvalue weighted by molar-refractivity contribution is 9.10. The molecule has 0 bridgehead atoms. The average molecular weight is 273 g/mol. The molecule has 0 saturated heterocycles. The Morgan fingerprint density at radius 1 is 1.47 bits per heavy atom. The second-order valence-electron chi connectivity index (χ2n) is 2.85. The fraction of sp³-hybridized carbons (Fsp3) is 0.300. The molecule has 0 heterocycles. The Hall–Kier alpha value is -1.07. The van der Waals surface area contributed by atoms with Crippen LogP contribution in [-0.4, -0.2) is 26.3 Å². The van der Waals surface area contributed by atoms with E-state index < -0.39 is 0 Å². The predicted octanol–water partition coefficient (Wildman–Crippen LogP) is 2.22. The second kappa shape index (κ2) is 6.42. The molecule has 4 nitrogen and oxygen atoms in total. The molecular formula is C10H13BrN2O2. The molecule has 0 aliphatic rings. The highest BCUT2D eigenvalue weighted by atomic mass is 79.9. The van der Waals surface area contributed by atoms with E-state index in [0.717, 1.165) is 10.2 Å². The van der Waals surface area contributed by atoms with E-state index in [1.54, 1.807) is 7.11 Å². The Kier molecular flexibility index (Phi) is 5.14. The number of hydrogen-bond acceptors (Lipinski definition) is 2. The quantitative estimate of drug-likeness (QED) is 0.826. The van der Waals surface area contributed by atoms with E-state index in [-0.39, 0.29) is 6.03 Å². The Morgan fingerprint density at radius 2 is 2.20 bits per heavy atom. The molecule has 0 radical (unpaired) electrons. The number of anilines is 1. The number of amides is 2. The van der Waals surface area contributed by atoms with Gasteiger partial charge in [0.25, 0.3) is 0 Å². The largest absolute Gasteiger partial charge is 0.383 e. The number of nitrogens with one attached hydrogen (secondary N) is 2. The standard InChI is InChI=1S/C10H13BrN2O2/c1-15-7-6-12-10(14)13-9-5-3-2-4-8(9)11/h2-5H,6-7H2,1H3,(H2,12,13,14). The number of halogens is 1. The second-order valence-corrected chi connectivity index (χ2v) is 3.71. The van der Waals surface area contributed by atoms with Crippen LogP contribution in [0.15, 0.2) is 28.7 Å². The van der Waals surface area contributed by atoms with E-state index >= 15 is 0 Å². The summed E-state index contributed by atoms with van der Waals surface area (Å²) in [6.07, 6.45) is 0. The molecule has 0 spiro atoms. The zero-order valence-corrected chi connectivity index (χ0v) is 10.0.